The van der Waals surface area contributed by atoms with Crippen molar-refractivity contribution in [1.82, 2.24) is 19.9 Å². The van der Waals surface area contributed by atoms with Crippen LogP contribution >= 0.6 is 11.6 Å². The minimum Gasteiger partial charge on any atom is -0.491 e. The summed E-state index contributed by atoms with van der Waals surface area (Å²) in [5.74, 6) is -4.17. The molecule has 0 saturated carbocycles. The van der Waals surface area contributed by atoms with Crippen molar-refractivity contribution in [3.05, 3.63) is 45.8 Å². The van der Waals surface area contributed by atoms with Gasteiger partial charge in [0.15, 0.2) is 27.3 Å². The van der Waals surface area contributed by atoms with Gasteiger partial charge in [0.25, 0.3) is 11.5 Å². The van der Waals surface area contributed by atoms with Crippen molar-refractivity contribution >= 4 is 85.1 Å². The number of alkyl halides is 2. The van der Waals surface area contributed by atoms with Gasteiger partial charge in [-0.1, -0.05) is 25.4 Å². The van der Waals surface area contributed by atoms with Crippen molar-refractivity contribution in [3.8, 4) is 5.75 Å². The molecule has 1 aliphatic rings. The van der Waals surface area contributed by atoms with Crippen LogP contribution in [0.2, 0.25) is 5.02 Å². The molecule has 2 atom stereocenters. The number of fused-ring (bicyclic) bond motifs is 1. The second-order valence-electron chi connectivity index (χ2n) is 12.3. The number of hydrogen-bond acceptors (Lipinski definition) is 7. The summed E-state index contributed by atoms with van der Waals surface area (Å²) in [6.45, 7) is 3.29. The van der Waals surface area contributed by atoms with E-state index < -0.39 is 28.4 Å². The molecule has 41 heavy (non-hydrogen) atoms. The quantitative estimate of drug-likeness (QED) is 0.325. The number of aryl methyl sites for hydroxylation is 1. The highest BCUT2D eigenvalue weighted by molar-refractivity contribution is 6.61. The highest BCUT2D eigenvalue weighted by Crippen LogP contribution is 2.39. The zero-order valence-electron chi connectivity index (χ0n) is 24.6. The number of nitrogens with zero attached hydrogens (tertiary/aromatic N) is 4. The molecule has 0 spiro atoms. The first-order chi connectivity index (χ1) is 18.9. The van der Waals surface area contributed by atoms with Gasteiger partial charge in [0.2, 0.25) is 11.9 Å². The average molecular weight is 580 g/mol. The normalized spacial score (nSPS) is 19.1. The van der Waals surface area contributed by atoms with Crippen LogP contribution in [-0.4, -0.2) is 89.3 Å². The van der Waals surface area contributed by atoms with Gasteiger partial charge in [-0.15, -0.1) is 0 Å². The third-order valence-corrected chi connectivity index (χ3v) is 7.45. The molecule has 2 aromatic heterocycles. The lowest BCUT2D eigenvalue weighted by molar-refractivity contribution is -0.126. The maximum atomic E-state index is 14.4. The van der Waals surface area contributed by atoms with Gasteiger partial charge in [-0.2, -0.15) is 4.98 Å². The number of carbonyl (C=O) groups excluding carboxylic acids is 1. The number of pyridine rings is 1. The Bertz CT molecular complexity index is 1540. The minimum atomic E-state index is -2.76. The van der Waals surface area contributed by atoms with Crippen LogP contribution in [0.5, 0.6) is 5.75 Å². The summed E-state index contributed by atoms with van der Waals surface area (Å²) in [5.41, 5.74) is 0.885. The van der Waals surface area contributed by atoms with E-state index in [0.29, 0.717) is 28.4 Å². The van der Waals surface area contributed by atoms with Crippen molar-refractivity contribution in [2.75, 3.05) is 23.3 Å². The van der Waals surface area contributed by atoms with Crippen LogP contribution in [0.25, 0.3) is 10.9 Å². The third-order valence-electron chi connectivity index (χ3n) is 7.17. The van der Waals surface area contributed by atoms with Crippen molar-refractivity contribution < 1.29 is 18.3 Å². The molecule has 17 heteroatoms. The molecule has 1 aliphatic heterocycles. The predicted molar refractivity (Wildman–Crippen MR) is 172 cm³/mol. The Labute approximate surface area is 247 Å². The van der Waals surface area contributed by atoms with Gasteiger partial charge in [0, 0.05) is 43.0 Å². The Hall–Kier alpha value is -3.15. The van der Waals surface area contributed by atoms with E-state index in [9.17, 15) is 18.4 Å². The number of nitrogens with one attached hydrogen (secondary N) is 2. The largest absolute Gasteiger partial charge is 0.491 e. The lowest BCUT2D eigenvalue weighted by Crippen LogP contribution is -2.61. The highest BCUT2D eigenvalue weighted by Gasteiger charge is 2.47. The molecule has 0 bridgehead atoms. The molecule has 3 aromatic rings. The Balaban J connectivity index is 1.62. The number of rotatable bonds is 7. The summed E-state index contributed by atoms with van der Waals surface area (Å²) in [5, 5.41) is 5.22. The first kappa shape index (κ1) is 30.8. The number of benzene rings is 1. The smallest absolute Gasteiger partial charge is 0.293 e. The molecule has 1 saturated heterocycles. The number of piperidine rings is 1. The van der Waals surface area contributed by atoms with E-state index in [0.717, 1.165) is 0 Å². The van der Waals surface area contributed by atoms with Crippen LogP contribution in [0.15, 0.2) is 35.3 Å². The Morgan fingerprint density at radius 3 is 2.39 bits per heavy atom. The topological polar surface area (TPSA) is 101 Å². The molecular weight excluding hydrogens is 548 g/mol. The van der Waals surface area contributed by atoms with Gasteiger partial charge in [0.1, 0.15) is 34.0 Å². The summed E-state index contributed by atoms with van der Waals surface area (Å²) in [7, 11) is 10.4. The Kier molecular flexibility index (Phi) is 8.21. The van der Waals surface area contributed by atoms with Gasteiger partial charge in [-0.25, -0.2) is 13.8 Å². The molecule has 1 amide bonds. The first-order valence-corrected chi connectivity index (χ1v) is 13.8. The lowest BCUT2D eigenvalue weighted by atomic mass is 9.49. The van der Waals surface area contributed by atoms with E-state index >= 15 is 0 Å². The van der Waals surface area contributed by atoms with E-state index in [1.165, 1.54) is 24.6 Å². The van der Waals surface area contributed by atoms with Crippen LogP contribution in [0.4, 0.5) is 26.2 Å². The summed E-state index contributed by atoms with van der Waals surface area (Å²) in [4.78, 5) is 36.5. The molecule has 9 nitrogen and oxygen atoms in total. The van der Waals surface area contributed by atoms with Gasteiger partial charge in [0.05, 0.1) is 11.7 Å². The van der Waals surface area contributed by atoms with Crippen LogP contribution in [-0.2, 0) is 11.8 Å². The molecule has 3 heterocycles. The van der Waals surface area contributed by atoms with E-state index in [1.807, 2.05) is 23.5 Å². The minimum absolute atomic E-state index is 0.0266. The SMILES string of the molecule is BC(B)(B)NC(=O)C(B)(B)Oc1cc2cc(Nc3nc(N4C[C@@H](C)C(F)(F)[C@@H](C)C4)ncc3Cl)ccc2n(C)c1=O. The molecule has 1 fully saturated rings. The zero-order valence-corrected chi connectivity index (χ0v) is 25.4. The van der Waals surface area contributed by atoms with Crippen LogP contribution in [0, 0.1) is 11.8 Å². The van der Waals surface area contributed by atoms with Gasteiger partial charge < -0.3 is 24.8 Å². The van der Waals surface area contributed by atoms with E-state index in [2.05, 4.69) is 20.6 Å². The van der Waals surface area contributed by atoms with Crippen molar-refractivity contribution in [2.24, 2.45) is 18.9 Å². The van der Waals surface area contributed by atoms with Gasteiger partial charge in [-0.05, 0) is 29.5 Å². The van der Waals surface area contributed by atoms with Gasteiger partial charge >= 0.3 is 0 Å². The first-order valence-electron chi connectivity index (χ1n) is 13.5. The second-order valence-corrected chi connectivity index (χ2v) is 12.7. The standard InChI is InChI=1S/C24H32B5ClF2N6O3/c1-11-9-38(10-12(2)22(11,31)32)21-33-8-15(30)18(35-21)34-14-4-5-16-13(6-14)7-17(19(39)37(16)3)41-23(25,26)20(40)36-24(27,28)29/h4-8,11-12H,9-10,25-29H2,1-3H3,(H,36,40)(H,33,34,35)/t11-,12+. The van der Waals surface area contributed by atoms with Crippen LogP contribution in [0.3, 0.4) is 0 Å². The average Bonchev–Trinajstić information content (AvgIpc) is 2.86. The number of ether oxygens (including phenoxy) is 1. The fourth-order valence-corrected chi connectivity index (χ4v) is 4.92. The molecule has 2 N–H and O–H groups in total. The van der Waals surface area contributed by atoms with E-state index in [1.54, 1.807) is 51.9 Å². The Morgan fingerprint density at radius 2 is 1.78 bits per heavy atom. The maximum absolute atomic E-state index is 14.4. The van der Waals surface area contributed by atoms with Crippen molar-refractivity contribution in [2.45, 2.75) is 30.4 Å². The van der Waals surface area contributed by atoms with E-state index in [4.69, 9.17) is 16.3 Å². The summed E-state index contributed by atoms with van der Waals surface area (Å²) < 4.78 is 36.1. The number of anilines is 3. The number of carbonyl (C=O) groups is 1. The Morgan fingerprint density at radius 1 is 1.15 bits per heavy atom. The number of halogens is 3. The predicted octanol–water partition coefficient (Wildman–Crippen LogP) is -1.62. The van der Waals surface area contributed by atoms with Crippen LogP contribution in [0.1, 0.15) is 13.8 Å². The molecule has 212 valence electrons. The summed E-state index contributed by atoms with van der Waals surface area (Å²) >= 11 is 6.40. The second kappa shape index (κ2) is 10.9. The molecule has 4 rings (SSSR count). The summed E-state index contributed by atoms with van der Waals surface area (Å²) in [6.07, 6.45) is 1.44. The van der Waals surface area contributed by atoms with E-state index in [-0.39, 0.29) is 35.3 Å². The number of amides is 1. The molecule has 0 aliphatic carbocycles. The van der Waals surface area contributed by atoms with Crippen LogP contribution < -0.4 is 25.8 Å². The fraction of sp³-hybridized carbons (Fsp3) is 0.417. The summed E-state index contributed by atoms with van der Waals surface area (Å²) in [6, 6.07) is 6.94. The maximum Gasteiger partial charge on any atom is 0.293 e. The number of hydrogen-bond donors (Lipinski definition) is 2. The monoisotopic (exact) mass is 580 g/mol. The third kappa shape index (κ3) is 6.52. The molecule has 0 radical (unpaired) electrons. The van der Waals surface area contributed by atoms with Crippen molar-refractivity contribution in [3.63, 3.8) is 0 Å². The zero-order chi connectivity index (χ0) is 30.5. The highest BCUT2D eigenvalue weighted by atomic mass is 35.5. The van der Waals surface area contributed by atoms with Gasteiger partial charge in [-0.3, -0.25) is 9.59 Å². The molecule has 1 aromatic carbocycles. The molecular formula is C24H32B5ClF2N6O3. The fourth-order valence-electron chi connectivity index (χ4n) is 4.78. The lowest BCUT2D eigenvalue weighted by Gasteiger charge is -2.41. The van der Waals surface area contributed by atoms with Crippen molar-refractivity contribution in [1.29, 1.82) is 0 Å². The number of aromatic nitrogens is 3. The molecule has 0 unspecified atom stereocenters.